The lowest BCUT2D eigenvalue weighted by molar-refractivity contribution is -0.160. The summed E-state index contributed by atoms with van der Waals surface area (Å²) in [5.74, 6) is -1.58. The molecule has 1 N–H and O–H groups in total. The highest BCUT2D eigenvalue weighted by Gasteiger charge is 2.51. The van der Waals surface area contributed by atoms with Crippen LogP contribution in [0, 0.1) is 22.2 Å². The summed E-state index contributed by atoms with van der Waals surface area (Å²) < 4.78 is 21.4. The molecule has 2 aromatic rings. The summed E-state index contributed by atoms with van der Waals surface area (Å²) in [5.41, 5.74) is -0.947. The molecule has 2 aromatic carbocycles. The number of thiocarbonyl (C=S) groups is 1. The smallest absolute Gasteiger partial charge is 0.322 e. The first kappa shape index (κ1) is 43.1. The molecule has 1 heterocycles. The van der Waals surface area contributed by atoms with Gasteiger partial charge in [0.05, 0.1) is 40.9 Å². The van der Waals surface area contributed by atoms with E-state index in [0.29, 0.717) is 10.7 Å². The van der Waals surface area contributed by atoms with E-state index in [-0.39, 0.29) is 65.3 Å². The molecule has 12 heteroatoms. The Morgan fingerprint density at radius 3 is 2.13 bits per heavy atom. The number of hydrogen-bond donors (Lipinski definition) is 1. The molecule has 52 heavy (non-hydrogen) atoms. The van der Waals surface area contributed by atoms with Crippen LogP contribution >= 0.6 is 24.0 Å². The second-order valence-electron chi connectivity index (χ2n) is 14.1. The fourth-order valence-corrected chi connectivity index (χ4v) is 8.38. The summed E-state index contributed by atoms with van der Waals surface area (Å²) in [4.78, 5) is 43.4. The van der Waals surface area contributed by atoms with Gasteiger partial charge in [0, 0.05) is 13.0 Å². The Bertz CT molecular complexity index is 1460. The fraction of sp³-hybridized carbons (Fsp3) is 0.575. The normalized spacial score (nSPS) is 16.9. The van der Waals surface area contributed by atoms with Crippen LogP contribution in [0.5, 0.6) is 0 Å². The molecule has 0 saturated carbocycles. The van der Waals surface area contributed by atoms with Gasteiger partial charge in [-0.25, -0.2) is 0 Å². The summed E-state index contributed by atoms with van der Waals surface area (Å²) >= 11 is 7.00. The van der Waals surface area contributed by atoms with Crippen LogP contribution in [-0.2, 0) is 39.9 Å². The molecule has 0 spiro atoms. The molecule has 1 aliphatic rings. The van der Waals surface area contributed by atoms with Gasteiger partial charge >= 0.3 is 17.9 Å². The molecule has 0 bridgehead atoms. The molecule has 3 unspecified atom stereocenters. The lowest BCUT2D eigenvalue weighted by Crippen LogP contribution is -2.46. The molecule has 0 radical (unpaired) electrons. The monoisotopic (exact) mass is 754 g/mol. The van der Waals surface area contributed by atoms with Crippen LogP contribution in [0.4, 0.5) is 0 Å². The minimum absolute atomic E-state index is 0.00610. The molecule has 10 nitrogen and oxygen atoms in total. The highest BCUT2D eigenvalue weighted by Crippen LogP contribution is 2.47. The summed E-state index contributed by atoms with van der Waals surface area (Å²) in [6.45, 7) is 8.03. The van der Waals surface area contributed by atoms with Crippen LogP contribution in [0.25, 0.3) is 0 Å². The number of aliphatic hydroxyl groups is 1. The topological polar surface area (TPSA) is 135 Å². The Hall–Kier alpha value is -3.34. The molecule has 1 saturated heterocycles. The van der Waals surface area contributed by atoms with Crippen LogP contribution < -0.4 is 0 Å². The van der Waals surface area contributed by atoms with Crippen molar-refractivity contribution in [3.05, 3.63) is 71.8 Å². The van der Waals surface area contributed by atoms with E-state index in [1.54, 1.807) is 20.8 Å². The number of thioether (sulfide) groups is 1. The zero-order chi connectivity index (χ0) is 37.9. The third kappa shape index (κ3) is 14.6. The van der Waals surface area contributed by atoms with E-state index >= 15 is 0 Å². The molecule has 0 amide bonds. The predicted octanol–water partition coefficient (Wildman–Crippen LogP) is 6.67. The zero-order valence-corrected chi connectivity index (χ0v) is 32.4. The first-order chi connectivity index (χ1) is 24.9. The van der Waals surface area contributed by atoms with Gasteiger partial charge in [-0.3, -0.25) is 19.3 Å². The lowest BCUT2D eigenvalue weighted by Gasteiger charge is -2.39. The summed E-state index contributed by atoms with van der Waals surface area (Å²) in [6, 6.07) is 21.0. The van der Waals surface area contributed by atoms with Crippen molar-refractivity contribution >= 4 is 46.1 Å². The number of hydrogen-bond acceptors (Lipinski definition) is 12. The molecule has 1 fully saturated rings. The second-order valence-corrected chi connectivity index (χ2v) is 16.3. The minimum atomic E-state index is -1.36. The Balaban J connectivity index is 1.88. The van der Waals surface area contributed by atoms with Crippen molar-refractivity contribution in [3.63, 3.8) is 0 Å². The van der Waals surface area contributed by atoms with Gasteiger partial charge in [0.15, 0.2) is 0 Å². The van der Waals surface area contributed by atoms with E-state index in [1.165, 1.54) is 12.8 Å². The van der Waals surface area contributed by atoms with Gasteiger partial charge in [-0.2, -0.15) is 5.26 Å². The van der Waals surface area contributed by atoms with E-state index in [4.69, 9.17) is 36.3 Å². The largest absolute Gasteiger partial charge is 0.464 e. The molecule has 0 aromatic heterocycles. The number of carbonyl (C=O) groups is 3. The maximum Gasteiger partial charge on any atom is 0.322 e. The number of carbonyl (C=O) groups excluding carboxylic acids is 3. The first-order valence-electron chi connectivity index (χ1n) is 18.1. The van der Waals surface area contributed by atoms with Crippen LogP contribution in [0.15, 0.2) is 60.7 Å². The Morgan fingerprint density at radius 1 is 0.846 bits per heavy atom. The molecule has 3 atom stereocenters. The number of nitrogens with zero attached hydrogens (tertiary/aromatic N) is 2. The quantitative estimate of drug-likeness (QED) is 0.0632. The van der Waals surface area contributed by atoms with Crippen molar-refractivity contribution in [2.24, 2.45) is 10.8 Å². The van der Waals surface area contributed by atoms with Crippen LogP contribution in [0.3, 0.4) is 0 Å². The number of nitriles is 1. The maximum absolute atomic E-state index is 14.3. The van der Waals surface area contributed by atoms with Gasteiger partial charge in [-0.1, -0.05) is 97.5 Å². The predicted molar refractivity (Wildman–Crippen MR) is 205 cm³/mol. The Morgan fingerprint density at radius 2 is 1.50 bits per heavy atom. The first-order valence-corrected chi connectivity index (χ1v) is 19.3. The van der Waals surface area contributed by atoms with Gasteiger partial charge in [-0.05, 0) is 77.1 Å². The number of esters is 3. The van der Waals surface area contributed by atoms with Crippen LogP contribution in [-0.4, -0.2) is 89.5 Å². The van der Waals surface area contributed by atoms with Crippen molar-refractivity contribution in [2.45, 2.75) is 83.5 Å². The van der Waals surface area contributed by atoms with Crippen molar-refractivity contribution in [2.75, 3.05) is 52.7 Å². The van der Waals surface area contributed by atoms with Crippen LogP contribution in [0.2, 0.25) is 0 Å². The third-order valence-electron chi connectivity index (χ3n) is 9.19. The van der Waals surface area contributed by atoms with Gasteiger partial charge in [-0.15, -0.1) is 0 Å². The number of aliphatic hydroxyl groups excluding tert-OH is 1. The Kier molecular flexibility index (Phi) is 18.2. The van der Waals surface area contributed by atoms with Gasteiger partial charge < -0.3 is 24.1 Å². The molecular weight excluding hydrogens is 701 g/mol. The molecule has 1 aliphatic heterocycles. The van der Waals surface area contributed by atoms with E-state index in [0.717, 1.165) is 48.8 Å². The molecule has 284 valence electrons. The van der Waals surface area contributed by atoms with Gasteiger partial charge in [0.2, 0.25) is 0 Å². The van der Waals surface area contributed by atoms with Crippen molar-refractivity contribution in [1.29, 1.82) is 5.26 Å². The Labute approximate surface area is 318 Å². The lowest BCUT2D eigenvalue weighted by atomic mass is 9.68. The summed E-state index contributed by atoms with van der Waals surface area (Å²) in [5, 5.41) is 19.3. The minimum Gasteiger partial charge on any atom is -0.464 e. The SMILES string of the molecule is CC(C#N)(CCC(=O)OCCOCCO)CC(C)(CC(C)(SC(=S)c1ccccc1)C(=O)OCc1ccccc1)C(=O)OCCN1CCCCCC1. The van der Waals surface area contributed by atoms with Crippen molar-refractivity contribution in [3.8, 4) is 6.07 Å². The standard InChI is InChI=1S/C40H54N2O8S2/c1-38(31-41,19-18-34(44)48-27-26-47-25-23-43)29-39(2,36(45)49-24-22-42-20-12-4-5-13-21-42)30-40(3,52-35(51)33-16-10-7-11-17-33)37(46)50-28-32-14-8-6-9-15-32/h6-11,14-17,43H,4-5,12-13,18-30H2,1-3H3. The van der Waals surface area contributed by atoms with Crippen molar-refractivity contribution in [1.82, 2.24) is 4.90 Å². The highest BCUT2D eigenvalue weighted by atomic mass is 32.2. The molecule has 0 aliphatic carbocycles. The number of likely N-dealkylation sites (tertiary alicyclic amines) is 1. The average Bonchev–Trinajstić information content (AvgIpc) is 3.42. The molecule has 3 rings (SSSR count). The summed E-state index contributed by atoms with van der Waals surface area (Å²) in [7, 11) is 0. The molecular formula is C40H54N2O8S2. The van der Waals surface area contributed by atoms with Gasteiger partial charge in [0.1, 0.15) is 24.6 Å². The number of benzene rings is 2. The van der Waals surface area contributed by atoms with Gasteiger partial charge in [0.25, 0.3) is 0 Å². The van der Waals surface area contributed by atoms with E-state index < -0.39 is 33.5 Å². The van der Waals surface area contributed by atoms with E-state index in [1.807, 2.05) is 60.7 Å². The highest BCUT2D eigenvalue weighted by molar-refractivity contribution is 8.25. The third-order valence-corrected chi connectivity index (χ3v) is 10.9. The number of ether oxygens (including phenoxy) is 4. The number of rotatable bonds is 21. The van der Waals surface area contributed by atoms with Crippen molar-refractivity contribution < 1.29 is 38.4 Å². The average molecular weight is 755 g/mol. The van der Waals surface area contributed by atoms with E-state index in [9.17, 15) is 19.6 Å². The van der Waals surface area contributed by atoms with E-state index in [2.05, 4.69) is 11.0 Å². The second kappa shape index (κ2) is 22.0. The summed E-state index contributed by atoms with van der Waals surface area (Å²) in [6.07, 6.45) is 4.60. The van der Waals surface area contributed by atoms with Crippen LogP contribution in [0.1, 0.15) is 83.3 Å². The fourth-order valence-electron chi connectivity index (χ4n) is 6.49. The maximum atomic E-state index is 14.3. The zero-order valence-electron chi connectivity index (χ0n) is 30.8.